The SMILES string of the molecule is CCOC(=O)c1ncc(CCl)c(C(F)F)c1Br. The minimum Gasteiger partial charge on any atom is -0.461 e. The van der Waals surface area contributed by atoms with Crippen molar-refractivity contribution in [1.82, 2.24) is 4.98 Å². The fourth-order valence-electron chi connectivity index (χ4n) is 1.22. The second kappa shape index (κ2) is 6.26. The van der Waals surface area contributed by atoms with Crippen molar-refractivity contribution in [2.24, 2.45) is 0 Å². The minimum absolute atomic E-state index is 0.0656. The van der Waals surface area contributed by atoms with Gasteiger partial charge in [-0.2, -0.15) is 0 Å². The third kappa shape index (κ3) is 3.13. The molecule has 1 heterocycles. The molecule has 1 aromatic heterocycles. The van der Waals surface area contributed by atoms with E-state index in [0.29, 0.717) is 0 Å². The molecule has 1 rings (SSSR count). The molecule has 94 valence electrons. The molecule has 17 heavy (non-hydrogen) atoms. The highest BCUT2D eigenvalue weighted by Crippen LogP contribution is 2.33. The average molecular weight is 329 g/mol. The number of pyridine rings is 1. The molecule has 0 aliphatic carbocycles. The van der Waals surface area contributed by atoms with Crippen LogP contribution < -0.4 is 0 Å². The van der Waals surface area contributed by atoms with Crippen LogP contribution in [0.5, 0.6) is 0 Å². The monoisotopic (exact) mass is 327 g/mol. The molecule has 0 bridgehead atoms. The number of aromatic nitrogens is 1. The Morgan fingerprint density at radius 1 is 1.65 bits per heavy atom. The van der Waals surface area contributed by atoms with Gasteiger partial charge in [-0.05, 0) is 28.4 Å². The first-order chi connectivity index (χ1) is 8.02. The highest BCUT2D eigenvalue weighted by molar-refractivity contribution is 9.10. The Morgan fingerprint density at radius 3 is 2.76 bits per heavy atom. The van der Waals surface area contributed by atoms with Crippen LogP contribution in [0.2, 0.25) is 0 Å². The number of rotatable bonds is 4. The maximum Gasteiger partial charge on any atom is 0.358 e. The van der Waals surface area contributed by atoms with E-state index in [1.165, 1.54) is 0 Å². The molecule has 0 amide bonds. The van der Waals surface area contributed by atoms with Gasteiger partial charge in [-0.1, -0.05) is 0 Å². The summed E-state index contributed by atoms with van der Waals surface area (Å²) in [4.78, 5) is 15.2. The van der Waals surface area contributed by atoms with Crippen LogP contribution in [0.15, 0.2) is 10.7 Å². The van der Waals surface area contributed by atoms with Gasteiger partial charge in [0.1, 0.15) is 0 Å². The zero-order valence-corrected chi connectivity index (χ0v) is 11.2. The summed E-state index contributed by atoms with van der Waals surface area (Å²) in [5.41, 5.74) is -0.310. The van der Waals surface area contributed by atoms with Crippen molar-refractivity contribution >= 4 is 33.5 Å². The van der Waals surface area contributed by atoms with Gasteiger partial charge in [0, 0.05) is 17.6 Å². The first-order valence-electron chi connectivity index (χ1n) is 4.71. The van der Waals surface area contributed by atoms with Gasteiger partial charge in [0.2, 0.25) is 0 Å². The smallest absolute Gasteiger partial charge is 0.358 e. The Hall–Kier alpha value is -0.750. The Balaban J connectivity index is 3.27. The third-order valence-corrected chi connectivity index (χ3v) is 3.06. The minimum atomic E-state index is -2.74. The molecule has 0 saturated carbocycles. The molecule has 0 atom stereocenters. The summed E-state index contributed by atoms with van der Waals surface area (Å²) in [5, 5.41) is 0. The molecule has 0 spiro atoms. The van der Waals surface area contributed by atoms with E-state index in [0.717, 1.165) is 6.20 Å². The first kappa shape index (κ1) is 14.3. The predicted octanol–water partition coefficient (Wildman–Crippen LogP) is 3.70. The number of alkyl halides is 3. The van der Waals surface area contributed by atoms with Crippen molar-refractivity contribution in [3.8, 4) is 0 Å². The van der Waals surface area contributed by atoms with Crippen molar-refractivity contribution in [1.29, 1.82) is 0 Å². The average Bonchev–Trinajstić information content (AvgIpc) is 2.27. The number of hydrogen-bond acceptors (Lipinski definition) is 3. The van der Waals surface area contributed by atoms with Gasteiger partial charge in [-0.15, -0.1) is 11.6 Å². The lowest BCUT2D eigenvalue weighted by Gasteiger charge is -2.11. The Bertz CT molecular complexity index is 429. The van der Waals surface area contributed by atoms with E-state index in [2.05, 4.69) is 20.9 Å². The van der Waals surface area contributed by atoms with Crippen molar-refractivity contribution in [2.75, 3.05) is 6.61 Å². The summed E-state index contributed by atoms with van der Waals surface area (Å²) >= 11 is 8.47. The zero-order valence-electron chi connectivity index (χ0n) is 8.84. The van der Waals surface area contributed by atoms with Gasteiger partial charge in [0.05, 0.1) is 11.1 Å². The van der Waals surface area contributed by atoms with Crippen molar-refractivity contribution in [3.05, 3.63) is 27.5 Å². The summed E-state index contributed by atoms with van der Waals surface area (Å²) in [6, 6.07) is 0. The number of carbonyl (C=O) groups is 1. The lowest BCUT2D eigenvalue weighted by Crippen LogP contribution is -2.11. The van der Waals surface area contributed by atoms with Crippen LogP contribution in [0.1, 0.15) is 35.0 Å². The molecule has 0 aromatic carbocycles. The van der Waals surface area contributed by atoms with Crippen LogP contribution in [-0.4, -0.2) is 17.6 Å². The second-order valence-corrected chi connectivity index (χ2v) is 4.07. The fourth-order valence-corrected chi connectivity index (χ4v) is 2.13. The lowest BCUT2D eigenvalue weighted by atomic mass is 10.1. The van der Waals surface area contributed by atoms with E-state index in [9.17, 15) is 13.6 Å². The van der Waals surface area contributed by atoms with E-state index in [1.807, 2.05) is 0 Å². The summed E-state index contributed by atoms with van der Waals surface area (Å²) in [6.07, 6.45) is -1.58. The van der Waals surface area contributed by atoms with Crippen molar-refractivity contribution in [3.63, 3.8) is 0 Å². The Labute approximate surface area is 110 Å². The molecule has 0 radical (unpaired) electrons. The highest BCUT2D eigenvalue weighted by atomic mass is 79.9. The summed E-state index contributed by atoms with van der Waals surface area (Å²) in [5.74, 6) is -0.851. The van der Waals surface area contributed by atoms with Crippen LogP contribution in [0.25, 0.3) is 0 Å². The van der Waals surface area contributed by atoms with Crippen molar-refractivity contribution < 1.29 is 18.3 Å². The van der Waals surface area contributed by atoms with Crippen molar-refractivity contribution in [2.45, 2.75) is 19.2 Å². The van der Waals surface area contributed by atoms with Crippen LogP contribution in [-0.2, 0) is 10.6 Å². The number of ether oxygens (including phenoxy) is 1. The van der Waals surface area contributed by atoms with Gasteiger partial charge >= 0.3 is 5.97 Å². The molecule has 0 aliphatic rings. The van der Waals surface area contributed by atoms with E-state index in [-0.39, 0.29) is 33.8 Å². The van der Waals surface area contributed by atoms with Crippen LogP contribution in [0.4, 0.5) is 8.78 Å². The molecule has 0 fully saturated rings. The topological polar surface area (TPSA) is 39.2 Å². The summed E-state index contributed by atoms with van der Waals surface area (Å²) in [6.45, 7) is 1.77. The molecule has 0 aliphatic heterocycles. The van der Waals surface area contributed by atoms with E-state index in [4.69, 9.17) is 16.3 Å². The molecular weight excluding hydrogens is 319 g/mol. The maximum absolute atomic E-state index is 12.8. The molecule has 0 saturated heterocycles. The van der Waals surface area contributed by atoms with E-state index >= 15 is 0 Å². The lowest BCUT2D eigenvalue weighted by molar-refractivity contribution is 0.0517. The fraction of sp³-hybridized carbons (Fsp3) is 0.400. The summed E-state index contributed by atoms with van der Waals surface area (Å²) in [7, 11) is 0. The maximum atomic E-state index is 12.8. The van der Waals surface area contributed by atoms with Crippen LogP contribution in [0, 0.1) is 0 Å². The zero-order chi connectivity index (χ0) is 13.0. The van der Waals surface area contributed by atoms with Gasteiger partial charge in [0.25, 0.3) is 6.43 Å². The quantitative estimate of drug-likeness (QED) is 0.625. The largest absolute Gasteiger partial charge is 0.461 e. The number of nitrogens with zero attached hydrogens (tertiary/aromatic N) is 1. The Morgan fingerprint density at radius 2 is 2.29 bits per heavy atom. The normalized spacial score (nSPS) is 10.7. The number of esters is 1. The van der Waals surface area contributed by atoms with Gasteiger partial charge in [-0.3, -0.25) is 0 Å². The van der Waals surface area contributed by atoms with E-state index in [1.54, 1.807) is 6.92 Å². The molecule has 7 heteroatoms. The number of carbonyl (C=O) groups excluding carboxylic acids is 1. The highest BCUT2D eigenvalue weighted by Gasteiger charge is 2.23. The second-order valence-electron chi connectivity index (χ2n) is 3.01. The summed E-state index contributed by atoms with van der Waals surface area (Å²) < 4.78 is 30.3. The number of halogens is 4. The van der Waals surface area contributed by atoms with Gasteiger partial charge < -0.3 is 4.74 Å². The molecule has 0 unspecified atom stereocenters. The van der Waals surface area contributed by atoms with E-state index < -0.39 is 12.4 Å². The van der Waals surface area contributed by atoms with Gasteiger partial charge in [0.15, 0.2) is 5.69 Å². The molecule has 1 aromatic rings. The van der Waals surface area contributed by atoms with Gasteiger partial charge in [-0.25, -0.2) is 18.6 Å². The number of hydrogen-bond donors (Lipinski definition) is 0. The van der Waals surface area contributed by atoms with Crippen LogP contribution >= 0.6 is 27.5 Å². The van der Waals surface area contributed by atoms with Crippen LogP contribution in [0.3, 0.4) is 0 Å². The predicted molar refractivity (Wildman–Crippen MR) is 62.4 cm³/mol. The Kier molecular flexibility index (Phi) is 5.27. The molecule has 0 N–H and O–H groups in total. The first-order valence-corrected chi connectivity index (χ1v) is 6.04. The molecular formula is C10H9BrClF2NO2. The third-order valence-electron chi connectivity index (χ3n) is 1.97. The standard InChI is InChI=1S/C10H9BrClF2NO2/c1-2-17-10(16)8-7(11)6(9(13)14)5(3-12)4-15-8/h4,9H,2-3H2,1H3. The molecule has 3 nitrogen and oxygen atoms in total.